The predicted octanol–water partition coefficient (Wildman–Crippen LogP) is 3.61. The summed E-state index contributed by atoms with van der Waals surface area (Å²) in [5, 5.41) is 6.67. The molecule has 0 amide bonds. The van der Waals surface area contributed by atoms with Crippen LogP contribution in [-0.4, -0.2) is 61.7 Å². The third-order valence-corrected chi connectivity index (χ3v) is 5.29. The minimum absolute atomic E-state index is 0. The molecule has 0 bridgehead atoms. The van der Waals surface area contributed by atoms with Crippen LogP contribution in [0.25, 0.3) is 0 Å². The third kappa shape index (κ3) is 7.91. The van der Waals surface area contributed by atoms with Gasteiger partial charge in [0.2, 0.25) is 5.89 Å². The normalized spacial score (nSPS) is 15.4. The van der Waals surface area contributed by atoms with Gasteiger partial charge in [0.05, 0.1) is 6.20 Å². The van der Waals surface area contributed by atoms with Crippen molar-refractivity contribution in [2.24, 2.45) is 4.99 Å². The molecule has 0 saturated carbocycles. The number of rotatable bonds is 7. The summed E-state index contributed by atoms with van der Waals surface area (Å²) in [7, 11) is 0. The zero-order valence-electron chi connectivity index (χ0n) is 19.5. The number of nitrogens with zero attached hydrogens (tertiary/aromatic N) is 4. The molecule has 2 aromatic rings. The van der Waals surface area contributed by atoms with Crippen molar-refractivity contribution in [3.63, 3.8) is 0 Å². The monoisotopic (exact) mass is 558 g/mol. The second kappa shape index (κ2) is 12.4. The lowest BCUT2D eigenvalue weighted by molar-refractivity contribution is 0.261. The van der Waals surface area contributed by atoms with E-state index in [0.717, 1.165) is 63.2 Å². The van der Waals surface area contributed by atoms with Crippen LogP contribution in [0.5, 0.6) is 0 Å². The van der Waals surface area contributed by atoms with E-state index >= 15 is 0 Å². The topological polar surface area (TPSA) is 68.9 Å². The number of nitrogens with one attached hydrogen (secondary N) is 2. The predicted molar refractivity (Wildman–Crippen MR) is 138 cm³/mol. The lowest BCUT2D eigenvalue weighted by atomic mass is 9.94. The van der Waals surface area contributed by atoms with Crippen LogP contribution in [-0.2, 0) is 12.0 Å². The van der Waals surface area contributed by atoms with E-state index in [1.807, 2.05) is 12.1 Å². The van der Waals surface area contributed by atoms with Gasteiger partial charge in [-0.25, -0.2) is 14.4 Å². The Bertz CT molecular complexity index is 841. The summed E-state index contributed by atoms with van der Waals surface area (Å²) >= 11 is 0. The molecule has 9 heteroatoms. The van der Waals surface area contributed by atoms with Crippen molar-refractivity contribution in [1.82, 2.24) is 20.5 Å². The lowest BCUT2D eigenvalue weighted by Gasteiger charge is -2.36. The second-order valence-corrected chi connectivity index (χ2v) is 8.80. The van der Waals surface area contributed by atoms with Gasteiger partial charge in [0.1, 0.15) is 18.1 Å². The molecule has 0 radical (unpaired) electrons. The quantitative estimate of drug-likeness (QED) is 0.308. The van der Waals surface area contributed by atoms with Gasteiger partial charge in [-0.3, -0.25) is 4.90 Å². The molecule has 0 spiro atoms. The molecule has 0 unspecified atom stereocenters. The molecular weight excluding hydrogens is 522 g/mol. The molecule has 0 atom stereocenters. The maximum Gasteiger partial charge on any atom is 0.216 e. The summed E-state index contributed by atoms with van der Waals surface area (Å²) in [4.78, 5) is 13.7. The number of piperazine rings is 1. The fraction of sp³-hybridized carbons (Fsp3) is 0.565. The van der Waals surface area contributed by atoms with E-state index in [-0.39, 0.29) is 35.2 Å². The highest BCUT2D eigenvalue weighted by atomic mass is 127. The Morgan fingerprint density at radius 3 is 2.41 bits per heavy atom. The number of hydrogen-bond donors (Lipinski definition) is 2. The van der Waals surface area contributed by atoms with Gasteiger partial charge in [-0.05, 0) is 31.2 Å². The van der Waals surface area contributed by atoms with Crippen molar-refractivity contribution in [3.05, 3.63) is 47.9 Å². The Morgan fingerprint density at radius 1 is 1.12 bits per heavy atom. The van der Waals surface area contributed by atoms with Gasteiger partial charge in [0, 0.05) is 56.9 Å². The lowest BCUT2D eigenvalue weighted by Crippen LogP contribution is -2.49. The zero-order chi connectivity index (χ0) is 22.3. The molecule has 3 rings (SSSR count). The first kappa shape index (κ1) is 26.4. The van der Waals surface area contributed by atoms with Crippen LogP contribution in [0.2, 0.25) is 0 Å². The molecule has 1 aliphatic rings. The third-order valence-electron chi connectivity index (χ3n) is 5.29. The number of oxazole rings is 1. The van der Waals surface area contributed by atoms with Crippen molar-refractivity contribution in [3.8, 4) is 0 Å². The molecule has 1 aromatic heterocycles. The van der Waals surface area contributed by atoms with E-state index in [0.29, 0.717) is 12.4 Å². The first-order valence-electron chi connectivity index (χ1n) is 11.1. The average molecular weight is 558 g/mol. The molecule has 1 saturated heterocycles. The zero-order valence-corrected chi connectivity index (χ0v) is 21.9. The summed E-state index contributed by atoms with van der Waals surface area (Å²) in [6, 6.07) is 6.75. The van der Waals surface area contributed by atoms with Crippen molar-refractivity contribution < 1.29 is 8.81 Å². The molecular formula is C23H36FIN6O. The molecule has 178 valence electrons. The summed E-state index contributed by atoms with van der Waals surface area (Å²) in [6.07, 6.45) is 1.79. The van der Waals surface area contributed by atoms with E-state index in [1.165, 1.54) is 12.1 Å². The van der Waals surface area contributed by atoms with Gasteiger partial charge in [-0.1, -0.05) is 20.8 Å². The molecule has 1 aromatic carbocycles. The maximum atomic E-state index is 13.1. The van der Waals surface area contributed by atoms with E-state index < -0.39 is 0 Å². The van der Waals surface area contributed by atoms with E-state index in [2.05, 4.69) is 58.1 Å². The van der Waals surface area contributed by atoms with Crippen molar-refractivity contribution in [2.75, 3.05) is 50.7 Å². The Balaban J connectivity index is 0.00000363. The molecule has 32 heavy (non-hydrogen) atoms. The van der Waals surface area contributed by atoms with Gasteiger partial charge < -0.3 is 20.0 Å². The fourth-order valence-electron chi connectivity index (χ4n) is 3.43. The summed E-state index contributed by atoms with van der Waals surface area (Å²) in [6.45, 7) is 15.2. The molecule has 0 aliphatic carbocycles. The van der Waals surface area contributed by atoms with Gasteiger partial charge in [-0.2, -0.15) is 0 Å². The number of anilines is 1. The Kier molecular flexibility index (Phi) is 10.2. The van der Waals surface area contributed by atoms with Crippen LogP contribution in [0.15, 0.2) is 39.9 Å². The molecule has 1 fully saturated rings. The second-order valence-electron chi connectivity index (χ2n) is 8.80. The number of aliphatic imine (C=N–C) groups is 1. The van der Waals surface area contributed by atoms with Crippen LogP contribution in [0.3, 0.4) is 0 Å². The fourth-order valence-corrected chi connectivity index (χ4v) is 3.43. The first-order chi connectivity index (χ1) is 14.8. The van der Waals surface area contributed by atoms with Crippen LogP contribution >= 0.6 is 24.0 Å². The van der Waals surface area contributed by atoms with Crippen LogP contribution in [0.1, 0.15) is 39.3 Å². The number of aromatic nitrogens is 1. The standard InChI is InChI=1S/C23H35FN6O.HI/c1-5-25-22(28-17-21-27-16-20(31-21)23(2,3)4)26-10-11-29-12-14-30(15-13-29)19-8-6-18(24)7-9-19;/h6-9,16H,5,10-15,17H2,1-4H3,(H2,25,26,28);1H. The Morgan fingerprint density at radius 2 is 1.81 bits per heavy atom. The first-order valence-corrected chi connectivity index (χ1v) is 11.1. The minimum atomic E-state index is -0.191. The molecule has 2 N–H and O–H groups in total. The van der Waals surface area contributed by atoms with E-state index in [9.17, 15) is 4.39 Å². The van der Waals surface area contributed by atoms with Crippen LogP contribution in [0.4, 0.5) is 10.1 Å². The minimum Gasteiger partial charge on any atom is -0.443 e. The summed E-state index contributed by atoms with van der Waals surface area (Å²) in [5.41, 5.74) is 1.03. The SMILES string of the molecule is CCNC(=NCc1ncc(C(C)(C)C)o1)NCCN1CCN(c2ccc(F)cc2)CC1.I. The van der Waals surface area contributed by atoms with E-state index in [4.69, 9.17) is 4.42 Å². The smallest absolute Gasteiger partial charge is 0.216 e. The van der Waals surface area contributed by atoms with Gasteiger partial charge >= 0.3 is 0 Å². The number of benzene rings is 1. The van der Waals surface area contributed by atoms with Crippen LogP contribution < -0.4 is 15.5 Å². The average Bonchev–Trinajstić information content (AvgIpc) is 3.23. The number of hydrogen-bond acceptors (Lipinski definition) is 5. The summed E-state index contributed by atoms with van der Waals surface area (Å²) in [5.74, 6) is 2.07. The Hall–Kier alpha value is -1.88. The van der Waals surface area contributed by atoms with Gasteiger partial charge in [-0.15, -0.1) is 24.0 Å². The Labute approximate surface area is 207 Å². The number of guanidine groups is 1. The molecule has 2 heterocycles. The maximum absolute atomic E-state index is 13.1. The highest BCUT2D eigenvalue weighted by Crippen LogP contribution is 2.22. The van der Waals surface area contributed by atoms with Crippen LogP contribution in [0, 0.1) is 5.82 Å². The highest BCUT2D eigenvalue weighted by molar-refractivity contribution is 14.0. The highest BCUT2D eigenvalue weighted by Gasteiger charge is 2.19. The number of halogens is 2. The summed E-state index contributed by atoms with van der Waals surface area (Å²) < 4.78 is 18.9. The largest absolute Gasteiger partial charge is 0.443 e. The van der Waals surface area contributed by atoms with Crippen molar-refractivity contribution in [2.45, 2.75) is 39.7 Å². The molecule has 7 nitrogen and oxygen atoms in total. The van der Waals surface area contributed by atoms with Gasteiger partial charge in [0.25, 0.3) is 0 Å². The van der Waals surface area contributed by atoms with Crippen molar-refractivity contribution in [1.29, 1.82) is 0 Å². The molecule has 1 aliphatic heterocycles. The van der Waals surface area contributed by atoms with E-state index in [1.54, 1.807) is 6.20 Å². The van der Waals surface area contributed by atoms with Crippen molar-refractivity contribution >= 4 is 35.6 Å². The van der Waals surface area contributed by atoms with Gasteiger partial charge in [0.15, 0.2) is 5.96 Å².